The van der Waals surface area contributed by atoms with Crippen LogP contribution in [0.5, 0.6) is 0 Å². The van der Waals surface area contributed by atoms with E-state index in [1.165, 1.54) is 6.20 Å². The molecule has 88 valence electrons. The lowest BCUT2D eigenvalue weighted by Crippen LogP contribution is -2.12. The van der Waals surface area contributed by atoms with Gasteiger partial charge in [0.2, 0.25) is 0 Å². The average Bonchev–Trinajstić information content (AvgIpc) is 2.70. The Hall–Kier alpha value is -1.33. The number of aromatic nitrogens is 2. The number of halogens is 2. The number of H-pyrrole nitrogens is 1. The fourth-order valence-corrected chi connectivity index (χ4v) is 1.88. The van der Waals surface area contributed by atoms with Crippen molar-refractivity contribution in [1.82, 2.24) is 10.2 Å². The molecule has 0 saturated heterocycles. The van der Waals surface area contributed by atoms with Crippen molar-refractivity contribution in [2.45, 2.75) is 6.92 Å². The van der Waals surface area contributed by atoms with Gasteiger partial charge in [-0.05, 0) is 41.1 Å². The Kier molecular flexibility index (Phi) is 3.49. The van der Waals surface area contributed by atoms with Crippen LogP contribution >= 0.6 is 27.5 Å². The van der Waals surface area contributed by atoms with E-state index in [1.54, 1.807) is 25.1 Å². The molecule has 2 N–H and O–H groups in total. The molecule has 6 heteroatoms. The second kappa shape index (κ2) is 4.89. The first-order valence-corrected chi connectivity index (χ1v) is 6.01. The first kappa shape index (κ1) is 12.1. The molecule has 0 aliphatic heterocycles. The van der Waals surface area contributed by atoms with Gasteiger partial charge in [0.25, 0.3) is 5.91 Å². The Bertz CT molecular complexity index is 568. The minimum atomic E-state index is -0.223. The van der Waals surface area contributed by atoms with Gasteiger partial charge in [-0.25, -0.2) is 0 Å². The van der Waals surface area contributed by atoms with Crippen LogP contribution in [0.4, 0.5) is 5.69 Å². The maximum atomic E-state index is 11.9. The Morgan fingerprint density at radius 1 is 1.53 bits per heavy atom. The topological polar surface area (TPSA) is 57.8 Å². The van der Waals surface area contributed by atoms with Crippen LogP contribution in [0.2, 0.25) is 5.02 Å². The minimum absolute atomic E-state index is 0.223. The molecule has 0 aliphatic carbocycles. The third kappa shape index (κ3) is 2.68. The van der Waals surface area contributed by atoms with E-state index < -0.39 is 0 Å². The molecule has 1 aromatic heterocycles. The van der Waals surface area contributed by atoms with Crippen molar-refractivity contribution in [3.05, 3.63) is 45.1 Å². The summed E-state index contributed by atoms with van der Waals surface area (Å²) in [4.78, 5) is 11.9. The molecule has 0 saturated carbocycles. The normalized spacial score (nSPS) is 10.3. The predicted octanol–water partition coefficient (Wildman–Crippen LogP) is 3.39. The molecule has 0 radical (unpaired) electrons. The molecule has 2 aromatic rings. The van der Waals surface area contributed by atoms with E-state index in [1.807, 2.05) is 0 Å². The van der Waals surface area contributed by atoms with Gasteiger partial charge in [-0.15, -0.1) is 0 Å². The number of hydrogen-bond acceptors (Lipinski definition) is 2. The van der Waals surface area contributed by atoms with Crippen molar-refractivity contribution in [2.75, 3.05) is 5.32 Å². The highest BCUT2D eigenvalue weighted by Gasteiger charge is 2.12. The van der Waals surface area contributed by atoms with Gasteiger partial charge >= 0.3 is 0 Å². The van der Waals surface area contributed by atoms with Gasteiger partial charge in [0.15, 0.2) is 0 Å². The van der Waals surface area contributed by atoms with Gasteiger partial charge in [0.1, 0.15) is 0 Å². The number of carbonyl (C=O) groups excluding carboxylic acids is 1. The van der Waals surface area contributed by atoms with Crippen LogP contribution in [0.1, 0.15) is 16.1 Å². The van der Waals surface area contributed by atoms with Gasteiger partial charge in [0, 0.05) is 15.2 Å². The summed E-state index contributed by atoms with van der Waals surface area (Å²) in [7, 11) is 0. The van der Waals surface area contributed by atoms with Crippen LogP contribution in [0, 0.1) is 6.92 Å². The quantitative estimate of drug-likeness (QED) is 0.892. The maximum absolute atomic E-state index is 11.9. The van der Waals surface area contributed by atoms with E-state index >= 15 is 0 Å². The molecule has 0 atom stereocenters. The summed E-state index contributed by atoms with van der Waals surface area (Å²) in [6, 6.07) is 5.20. The fraction of sp³-hybridized carbons (Fsp3) is 0.0909. The number of carbonyl (C=O) groups is 1. The molecule has 0 spiro atoms. The molecular formula is C11H9BrClN3O. The molecular weight excluding hydrogens is 305 g/mol. The number of benzene rings is 1. The smallest absolute Gasteiger partial charge is 0.259 e. The summed E-state index contributed by atoms with van der Waals surface area (Å²) in [6.07, 6.45) is 1.49. The fourth-order valence-electron chi connectivity index (χ4n) is 1.36. The summed E-state index contributed by atoms with van der Waals surface area (Å²) in [5.74, 6) is -0.223. The van der Waals surface area contributed by atoms with E-state index in [2.05, 4.69) is 31.4 Å². The Morgan fingerprint density at radius 3 is 2.94 bits per heavy atom. The lowest BCUT2D eigenvalue weighted by molar-refractivity contribution is 0.102. The number of aromatic amines is 1. The Balaban J connectivity index is 2.24. The highest BCUT2D eigenvalue weighted by atomic mass is 79.9. The highest BCUT2D eigenvalue weighted by Crippen LogP contribution is 2.26. The first-order chi connectivity index (χ1) is 8.08. The van der Waals surface area contributed by atoms with Crippen LogP contribution in [0.3, 0.4) is 0 Å². The second-order valence-electron chi connectivity index (χ2n) is 3.49. The third-order valence-electron chi connectivity index (χ3n) is 2.25. The molecule has 2 rings (SSSR count). The second-order valence-corrected chi connectivity index (χ2v) is 4.78. The lowest BCUT2D eigenvalue weighted by Gasteiger charge is -2.07. The van der Waals surface area contributed by atoms with Crippen LogP contribution in [0.25, 0.3) is 0 Å². The number of amides is 1. The zero-order valence-corrected chi connectivity index (χ0v) is 11.3. The van der Waals surface area contributed by atoms with Crippen LogP contribution in [-0.4, -0.2) is 16.1 Å². The summed E-state index contributed by atoms with van der Waals surface area (Å²) in [5, 5.41) is 9.84. The summed E-state index contributed by atoms with van der Waals surface area (Å²) in [5.41, 5.74) is 1.86. The number of rotatable bonds is 2. The molecule has 17 heavy (non-hydrogen) atoms. The Labute approximate surface area is 111 Å². The monoisotopic (exact) mass is 313 g/mol. The van der Waals surface area contributed by atoms with E-state index in [4.69, 9.17) is 11.6 Å². The average molecular weight is 315 g/mol. The van der Waals surface area contributed by atoms with Gasteiger partial charge < -0.3 is 5.32 Å². The molecule has 0 fully saturated rings. The van der Waals surface area contributed by atoms with Crippen molar-refractivity contribution in [2.24, 2.45) is 0 Å². The number of nitrogens with zero attached hydrogens (tertiary/aromatic N) is 1. The third-order valence-corrected chi connectivity index (χ3v) is 3.18. The van der Waals surface area contributed by atoms with Crippen molar-refractivity contribution in [3.8, 4) is 0 Å². The highest BCUT2D eigenvalue weighted by molar-refractivity contribution is 9.10. The van der Waals surface area contributed by atoms with Crippen molar-refractivity contribution in [1.29, 1.82) is 0 Å². The van der Waals surface area contributed by atoms with Crippen molar-refractivity contribution >= 4 is 39.1 Å². The van der Waals surface area contributed by atoms with E-state index in [0.29, 0.717) is 16.3 Å². The number of anilines is 1. The zero-order valence-electron chi connectivity index (χ0n) is 8.92. The predicted molar refractivity (Wildman–Crippen MR) is 70.4 cm³/mol. The van der Waals surface area contributed by atoms with Gasteiger partial charge in [0.05, 0.1) is 17.4 Å². The van der Waals surface area contributed by atoms with Gasteiger partial charge in [-0.1, -0.05) is 11.6 Å². The van der Waals surface area contributed by atoms with Crippen molar-refractivity contribution < 1.29 is 4.79 Å². The van der Waals surface area contributed by atoms with E-state index in [-0.39, 0.29) is 5.91 Å². The van der Waals surface area contributed by atoms with Crippen LogP contribution in [-0.2, 0) is 0 Å². The largest absolute Gasteiger partial charge is 0.321 e. The minimum Gasteiger partial charge on any atom is -0.321 e. The van der Waals surface area contributed by atoms with Gasteiger partial charge in [-0.3, -0.25) is 9.89 Å². The summed E-state index contributed by atoms with van der Waals surface area (Å²) < 4.78 is 0.774. The maximum Gasteiger partial charge on any atom is 0.259 e. The molecule has 1 amide bonds. The number of nitrogens with one attached hydrogen (secondary N) is 2. The Morgan fingerprint density at radius 2 is 2.29 bits per heavy atom. The van der Waals surface area contributed by atoms with Gasteiger partial charge in [-0.2, -0.15) is 5.10 Å². The number of aryl methyl sites for hydroxylation is 1. The summed E-state index contributed by atoms with van der Waals surface area (Å²) >= 11 is 9.21. The molecule has 1 aromatic carbocycles. The first-order valence-electron chi connectivity index (χ1n) is 4.84. The lowest BCUT2D eigenvalue weighted by atomic mass is 10.2. The summed E-state index contributed by atoms with van der Waals surface area (Å²) in [6.45, 7) is 1.79. The SMILES string of the molecule is Cc1[nH]ncc1C(=O)Nc1cc(Cl)ccc1Br. The molecule has 1 heterocycles. The molecule has 4 nitrogen and oxygen atoms in total. The molecule has 0 unspecified atom stereocenters. The molecule has 0 bridgehead atoms. The van der Waals surface area contributed by atoms with E-state index in [9.17, 15) is 4.79 Å². The zero-order chi connectivity index (χ0) is 12.4. The van der Waals surface area contributed by atoms with Crippen LogP contribution in [0.15, 0.2) is 28.9 Å². The van der Waals surface area contributed by atoms with E-state index in [0.717, 1.165) is 10.2 Å². The molecule has 0 aliphatic rings. The van der Waals surface area contributed by atoms with Crippen LogP contribution < -0.4 is 5.32 Å². The standard InChI is InChI=1S/C11H9BrClN3O/c1-6-8(5-14-16-6)11(17)15-10-4-7(13)2-3-9(10)12/h2-5H,1H3,(H,14,16)(H,15,17). The number of hydrogen-bond donors (Lipinski definition) is 2. The van der Waals surface area contributed by atoms with Crippen molar-refractivity contribution in [3.63, 3.8) is 0 Å².